The molecule has 3 heterocycles. The van der Waals surface area contributed by atoms with Gasteiger partial charge in [-0.2, -0.15) is 0 Å². The Morgan fingerprint density at radius 3 is 2.89 bits per heavy atom. The third kappa shape index (κ3) is 3.52. The zero-order chi connectivity index (χ0) is 19.7. The normalized spacial score (nSPS) is 15.9. The molecule has 1 aliphatic rings. The molecular weight excluding hydrogens is 414 g/mol. The number of fused-ring (bicyclic) bond motifs is 1. The summed E-state index contributed by atoms with van der Waals surface area (Å²) < 4.78 is 7.31. The predicted octanol–water partition coefficient (Wildman–Crippen LogP) is 4.28. The molecule has 2 aromatic heterocycles. The number of carbonyl (C=O) groups excluding carboxylic acids is 2. The Kier molecular flexibility index (Phi) is 5.38. The Bertz CT molecular complexity index is 1100. The van der Waals surface area contributed by atoms with E-state index in [1.165, 1.54) is 28.4 Å². The molecule has 4 rings (SSSR count). The van der Waals surface area contributed by atoms with Crippen LogP contribution < -0.4 is 0 Å². The lowest BCUT2D eigenvalue weighted by atomic mass is 10.3. The standard InChI is InChI=1S/C19H15N3O3S3/c1-27-18-20-13-6-2-3-7-14(13)22(18)16(23)8-9-21-17(24)15(28-19(21)26)11-12-5-4-10-25-12/h2-7,10-11H,8-9H2,1H3. The molecule has 9 heteroatoms. The molecule has 1 aromatic carbocycles. The highest BCUT2D eigenvalue weighted by Crippen LogP contribution is 2.33. The Morgan fingerprint density at radius 1 is 1.32 bits per heavy atom. The van der Waals surface area contributed by atoms with E-state index >= 15 is 0 Å². The molecule has 1 aliphatic heterocycles. The second-order valence-corrected chi connectivity index (χ2v) is 8.36. The summed E-state index contributed by atoms with van der Waals surface area (Å²) in [5, 5.41) is 0.634. The van der Waals surface area contributed by atoms with Crippen LogP contribution in [0.5, 0.6) is 0 Å². The molecule has 0 bridgehead atoms. The molecule has 0 radical (unpaired) electrons. The minimum Gasteiger partial charge on any atom is -0.465 e. The number of furan rings is 1. The molecule has 142 valence electrons. The first-order valence-corrected chi connectivity index (χ1v) is 10.9. The minimum atomic E-state index is -0.209. The van der Waals surface area contributed by atoms with Crippen molar-refractivity contribution in [3.05, 3.63) is 53.3 Å². The van der Waals surface area contributed by atoms with E-state index in [1.807, 2.05) is 30.5 Å². The van der Waals surface area contributed by atoms with Crippen molar-refractivity contribution in [3.63, 3.8) is 0 Å². The highest BCUT2D eigenvalue weighted by atomic mass is 32.2. The zero-order valence-corrected chi connectivity index (χ0v) is 17.3. The van der Waals surface area contributed by atoms with E-state index < -0.39 is 0 Å². The SMILES string of the molecule is CSc1nc2ccccc2n1C(=O)CCN1C(=O)C(=Cc2ccco2)SC1=S. The molecule has 0 atom stereocenters. The number of hydrogen-bond donors (Lipinski definition) is 0. The molecule has 0 spiro atoms. The lowest BCUT2D eigenvalue weighted by Crippen LogP contribution is -2.31. The van der Waals surface area contributed by atoms with Crippen molar-refractivity contribution < 1.29 is 14.0 Å². The summed E-state index contributed by atoms with van der Waals surface area (Å²) in [6.45, 7) is 0.222. The fourth-order valence-corrected chi connectivity index (χ4v) is 4.76. The second kappa shape index (κ2) is 7.94. The van der Waals surface area contributed by atoms with E-state index in [1.54, 1.807) is 29.0 Å². The highest BCUT2D eigenvalue weighted by Gasteiger charge is 2.32. The number of para-hydroxylation sites is 2. The summed E-state index contributed by atoms with van der Waals surface area (Å²) in [4.78, 5) is 32.0. The van der Waals surface area contributed by atoms with Gasteiger partial charge in [-0.1, -0.05) is 47.9 Å². The number of carbonyl (C=O) groups is 2. The van der Waals surface area contributed by atoms with Gasteiger partial charge in [0.1, 0.15) is 10.1 Å². The summed E-state index contributed by atoms with van der Waals surface area (Å²) in [5.41, 5.74) is 1.53. The lowest BCUT2D eigenvalue weighted by Gasteiger charge is -2.14. The van der Waals surface area contributed by atoms with Crippen LogP contribution in [0.2, 0.25) is 0 Å². The smallest absolute Gasteiger partial charge is 0.266 e. The van der Waals surface area contributed by atoms with Crippen molar-refractivity contribution in [2.24, 2.45) is 0 Å². The highest BCUT2D eigenvalue weighted by molar-refractivity contribution is 8.26. The molecule has 0 saturated carbocycles. The van der Waals surface area contributed by atoms with E-state index in [-0.39, 0.29) is 24.8 Å². The van der Waals surface area contributed by atoms with Crippen LogP contribution in [0.25, 0.3) is 17.1 Å². The van der Waals surface area contributed by atoms with Crippen molar-refractivity contribution >= 4 is 69.0 Å². The second-order valence-electron chi connectivity index (χ2n) is 5.92. The van der Waals surface area contributed by atoms with Gasteiger partial charge in [0.05, 0.1) is 22.2 Å². The van der Waals surface area contributed by atoms with Crippen LogP contribution in [0.3, 0.4) is 0 Å². The van der Waals surface area contributed by atoms with Gasteiger partial charge in [-0.3, -0.25) is 19.1 Å². The van der Waals surface area contributed by atoms with Crippen molar-refractivity contribution in [1.29, 1.82) is 0 Å². The summed E-state index contributed by atoms with van der Waals surface area (Å²) in [6.07, 6.45) is 5.24. The number of hydrogen-bond acceptors (Lipinski definition) is 7. The molecule has 6 nitrogen and oxygen atoms in total. The molecule has 1 fully saturated rings. The van der Waals surface area contributed by atoms with E-state index in [4.69, 9.17) is 16.6 Å². The van der Waals surface area contributed by atoms with Gasteiger partial charge in [-0.25, -0.2) is 4.98 Å². The van der Waals surface area contributed by atoms with E-state index in [0.717, 1.165) is 11.0 Å². The van der Waals surface area contributed by atoms with Gasteiger partial charge in [0.2, 0.25) is 5.91 Å². The molecule has 0 N–H and O–H groups in total. The van der Waals surface area contributed by atoms with Crippen LogP contribution in [0.4, 0.5) is 0 Å². The van der Waals surface area contributed by atoms with Gasteiger partial charge in [0.25, 0.3) is 5.91 Å². The molecule has 1 amide bonds. The van der Waals surface area contributed by atoms with Crippen LogP contribution in [-0.4, -0.2) is 43.4 Å². The van der Waals surface area contributed by atoms with Gasteiger partial charge in [-0.05, 0) is 30.5 Å². The van der Waals surface area contributed by atoms with Crippen LogP contribution in [0, 0.1) is 0 Å². The Labute approximate surface area is 175 Å². The molecule has 28 heavy (non-hydrogen) atoms. The van der Waals surface area contributed by atoms with Gasteiger partial charge in [-0.15, -0.1) is 0 Å². The van der Waals surface area contributed by atoms with Crippen LogP contribution in [0.1, 0.15) is 17.0 Å². The fraction of sp³-hybridized carbons (Fsp3) is 0.158. The average molecular weight is 430 g/mol. The quantitative estimate of drug-likeness (QED) is 0.341. The van der Waals surface area contributed by atoms with E-state index in [0.29, 0.717) is 20.1 Å². The number of thioether (sulfide) groups is 2. The molecule has 1 saturated heterocycles. The van der Waals surface area contributed by atoms with E-state index in [2.05, 4.69) is 4.98 Å². The average Bonchev–Trinajstić information content (AvgIpc) is 3.39. The van der Waals surface area contributed by atoms with Gasteiger partial charge in [0, 0.05) is 19.0 Å². The maximum atomic E-state index is 12.9. The fourth-order valence-electron chi connectivity index (χ4n) is 2.90. The number of amides is 1. The Hall–Kier alpha value is -2.36. The first-order valence-electron chi connectivity index (χ1n) is 8.42. The first-order chi connectivity index (χ1) is 13.6. The summed E-state index contributed by atoms with van der Waals surface area (Å²) >= 11 is 7.96. The monoisotopic (exact) mass is 429 g/mol. The summed E-state index contributed by atoms with van der Waals surface area (Å²) in [5.74, 6) is 0.257. The van der Waals surface area contributed by atoms with Crippen LogP contribution in [0.15, 0.2) is 57.1 Å². The topological polar surface area (TPSA) is 68.3 Å². The third-order valence-electron chi connectivity index (χ3n) is 4.20. The molecular formula is C19H15N3O3S3. The number of benzene rings is 1. The van der Waals surface area contributed by atoms with Gasteiger partial charge in [0.15, 0.2) is 5.16 Å². The van der Waals surface area contributed by atoms with E-state index in [9.17, 15) is 9.59 Å². The Balaban J connectivity index is 1.51. The zero-order valence-electron chi connectivity index (χ0n) is 14.8. The van der Waals surface area contributed by atoms with Crippen LogP contribution in [-0.2, 0) is 4.79 Å². The number of nitrogens with zero attached hydrogens (tertiary/aromatic N) is 3. The van der Waals surface area contributed by atoms with Gasteiger partial charge >= 0.3 is 0 Å². The maximum absolute atomic E-state index is 12.9. The number of imidazole rings is 1. The number of rotatable bonds is 5. The van der Waals surface area contributed by atoms with Crippen molar-refractivity contribution in [1.82, 2.24) is 14.5 Å². The summed E-state index contributed by atoms with van der Waals surface area (Å²) in [7, 11) is 0. The Morgan fingerprint density at radius 2 is 2.14 bits per heavy atom. The first kappa shape index (κ1) is 19.0. The largest absolute Gasteiger partial charge is 0.465 e. The minimum absolute atomic E-state index is 0.123. The third-order valence-corrected chi connectivity index (χ3v) is 6.22. The van der Waals surface area contributed by atoms with Crippen LogP contribution >= 0.6 is 35.7 Å². The maximum Gasteiger partial charge on any atom is 0.266 e. The van der Waals surface area contributed by atoms with Crippen molar-refractivity contribution in [2.45, 2.75) is 11.6 Å². The molecule has 0 unspecified atom stereocenters. The lowest BCUT2D eigenvalue weighted by molar-refractivity contribution is -0.122. The molecule has 0 aliphatic carbocycles. The number of aromatic nitrogens is 2. The predicted molar refractivity (Wildman–Crippen MR) is 115 cm³/mol. The molecule has 3 aromatic rings. The van der Waals surface area contributed by atoms with Crippen molar-refractivity contribution in [3.8, 4) is 0 Å². The number of thiocarbonyl (C=S) groups is 1. The van der Waals surface area contributed by atoms with Gasteiger partial charge < -0.3 is 4.42 Å². The van der Waals surface area contributed by atoms with Crippen molar-refractivity contribution in [2.75, 3.05) is 12.8 Å². The summed E-state index contributed by atoms with van der Waals surface area (Å²) in [6, 6.07) is 11.0.